The van der Waals surface area contributed by atoms with Gasteiger partial charge in [0.2, 0.25) is 11.8 Å². The van der Waals surface area contributed by atoms with E-state index in [4.69, 9.17) is 5.73 Å². The summed E-state index contributed by atoms with van der Waals surface area (Å²) in [7, 11) is 0. The van der Waals surface area contributed by atoms with Crippen molar-refractivity contribution in [2.75, 3.05) is 6.67 Å². The number of nitrogens with one attached hydrogen (secondary N) is 1. The number of hydrogen-bond acceptors (Lipinski definition) is 4. The van der Waals surface area contributed by atoms with Gasteiger partial charge in [0, 0.05) is 25.2 Å². The molecule has 0 aliphatic carbocycles. The SMILES string of the molecule is CC(=O)CF.CC[C@H](N)C(=O)N[C@H](/C=C/C(=O)N1Cc2ccccc2C1)CC(C)(C)C. The first-order valence-corrected chi connectivity index (χ1v) is 10.6. The standard InChI is InChI=1S/C21H31N3O2.C3H5FO/c1-5-18(22)20(26)23-17(12-21(2,3)4)10-11-19(25)24-13-15-8-6-7-9-16(15)14-24;1-3(5)2-4/h6-11,17-18H,5,12-14,22H2,1-4H3,(H,23,26);2H2,1H3/b11-10+;/t17-,18+;/m1./s1. The third kappa shape index (κ3) is 9.87. The van der Waals surface area contributed by atoms with Crippen LogP contribution >= 0.6 is 0 Å². The summed E-state index contributed by atoms with van der Waals surface area (Å²) in [5.41, 5.74) is 8.23. The molecule has 0 unspecified atom stereocenters. The van der Waals surface area contributed by atoms with Gasteiger partial charge in [-0.15, -0.1) is 0 Å². The number of carbonyl (C=O) groups excluding carboxylic acids is 3. The van der Waals surface area contributed by atoms with Crippen molar-refractivity contribution in [2.24, 2.45) is 11.1 Å². The van der Waals surface area contributed by atoms with Crippen molar-refractivity contribution < 1.29 is 18.8 Å². The molecule has 172 valence electrons. The summed E-state index contributed by atoms with van der Waals surface area (Å²) in [6.45, 7) is 9.86. The number of halogens is 1. The maximum atomic E-state index is 12.6. The van der Waals surface area contributed by atoms with Gasteiger partial charge in [-0.1, -0.05) is 58.0 Å². The van der Waals surface area contributed by atoms with Gasteiger partial charge in [0.05, 0.1) is 6.04 Å². The van der Waals surface area contributed by atoms with Crippen LogP contribution in [0.4, 0.5) is 4.39 Å². The zero-order chi connectivity index (χ0) is 23.6. The predicted octanol–water partition coefficient (Wildman–Crippen LogP) is 3.29. The Hall–Kier alpha value is -2.54. The van der Waals surface area contributed by atoms with Crippen molar-refractivity contribution in [3.63, 3.8) is 0 Å². The molecule has 0 saturated heterocycles. The quantitative estimate of drug-likeness (QED) is 0.646. The highest BCUT2D eigenvalue weighted by Crippen LogP contribution is 2.23. The molecule has 2 rings (SSSR count). The number of alkyl halides is 1. The average Bonchev–Trinajstić information content (AvgIpc) is 3.14. The maximum Gasteiger partial charge on any atom is 0.246 e. The summed E-state index contributed by atoms with van der Waals surface area (Å²) in [4.78, 5) is 36.0. The van der Waals surface area contributed by atoms with E-state index in [2.05, 4.69) is 38.2 Å². The number of carbonyl (C=O) groups is 3. The molecule has 6 nitrogen and oxygen atoms in total. The summed E-state index contributed by atoms with van der Waals surface area (Å²) in [6.07, 6.45) is 4.71. The first kappa shape index (κ1) is 26.5. The van der Waals surface area contributed by atoms with Crippen molar-refractivity contribution in [2.45, 2.75) is 72.6 Å². The lowest BCUT2D eigenvalue weighted by molar-refractivity contribution is -0.127. The van der Waals surface area contributed by atoms with E-state index in [1.807, 2.05) is 24.0 Å². The molecule has 0 radical (unpaired) electrons. The highest BCUT2D eigenvalue weighted by atomic mass is 19.1. The number of nitrogens with zero attached hydrogens (tertiary/aromatic N) is 1. The zero-order valence-electron chi connectivity index (χ0n) is 19.3. The van der Waals surface area contributed by atoms with Crippen molar-refractivity contribution in [1.29, 1.82) is 0 Å². The van der Waals surface area contributed by atoms with Crippen molar-refractivity contribution in [3.05, 3.63) is 47.5 Å². The Balaban J connectivity index is 0.000000861. The largest absolute Gasteiger partial charge is 0.349 e. The molecule has 1 aromatic carbocycles. The van der Waals surface area contributed by atoms with Gasteiger partial charge in [-0.3, -0.25) is 14.4 Å². The zero-order valence-corrected chi connectivity index (χ0v) is 19.3. The van der Waals surface area contributed by atoms with E-state index in [0.29, 0.717) is 19.5 Å². The van der Waals surface area contributed by atoms with Gasteiger partial charge < -0.3 is 16.0 Å². The Morgan fingerprint density at radius 1 is 1.19 bits per heavy atom. The summed E-state index contributed by atoms with van der Waals surface area (Å²) >= 11 is 0. The lowest BCUT2D eigenvalue weighted by Gasteiger charge is -2.26. The second kappa shape index (κ2) is 12.3. The summed E-state index contributed by atoms with van der Waals surface area (Å²) in [6, 6.07) is 7.37. The number of fused-ring (bicyclic) bond motifs is 1. The number of benzene rings is 1. The van der Waals surface area contributed by atoms with Crippen LogP contribution in [0.1, 0.15) is 58.6 Å². The van der Waals surface area contributed by atoms with E-state index in [9.17, 15) is 18.8 Å². The Morgan fingerprint density at radius 2 is 1.71 bits per heavy atom. The van der Waals surface area contributed by atoms with E-state index < -0.39 is 18.5 Å². The Kier molecular flexibility index (Phi) is 10.6. The first-order valence-electron chi connectivity index (χ1n) is 10.6. The fourth-order valence-electron chi connectivity index (χ4n) is 3.09. The van der Waals surface area contributed by atoms with Crippen LogP contribution in [0.15, 0.2) is 36.4 Å². The minimum Gasteiger partial charge on any atom is -0.349 e. The van der Waals surface area contributed by atoms with Gasteiger partial charge >= 0.3 is 0 Å². The maximum absolute atomic E-state index is 12.6. The summed E-state index contributed by atoms with van der Waals surface area (Å²) in [5.74, 6) is -0.619. The number of Topliss-reactive ketones (excluding diaryl/α,β-unsaturated/α-hetero) is 1. The van der Waals surface area contributed by atoms with E-state index in [1.54, 1.807) is 12.2 Å². The summed E-state index contributed by atoms with van der Waals surface area (Å²) < 4.78 is 10.8. The highest BCUT2D eigenvalue weighted by molar-refractivity contribution is 5.88. The highest BCUT2D eigenvalue weighted by Gasteiger charge is 2.23. The molecule has 1 aromatic rings. The van der Waals surface area contributed by atoms with Crippen molar-refractivity contribution in [1.82, 2.24) is 10.2 Å². The van der Waals surface area contributed by atoms with Gasteiger partial charge in [0.25, 0.3) is 0 Å². The molecule has 2 amide bonds. The van der Waals surface area contributed by atoms with E-state index in [0.717, 1.165) is 6.42 Å². The van der Waals surface area contributed by atoms with Crippen molar-refractivity contribution in [3.8, 4) is 0 Å². The van der Waals surface area contributed by atoms with Crippen LogP contribution in [0.2, 0.25) is 0 Å². The van der Waals surface area contributed by atoms with Gasteiger partial charge in [0.15, 0.2) is 5.78 Å². The molecule has 1 aliphatic rings. The smallest absolute Gasteiger partial charge is 0.246 e. The third-order valence-electron chi connectivity index (χ3n) is 4.75. The molecule has 7 heteroatoms. The fraction of sp³-hybridized carbons (Fsp3) is 0.542. The van der Waals surface area contributed by atoms with E-state index >= 15 is 0 Å². The normalized spacial score (nSPS) is 15.0. The van der Waals surface area contributed by atoms with Crippen LogP contribution in [-0.4, -0.2) is 41.3 Å². The molecular formula is C24H36FN3O3. The molecule has 0 aromatic heterocycles. The molecule has 31 heavy (non-hydrogen) atoms. The minimum atomic E-state index is -0.833. The Labute approximate surface area is 185 Å². The molecule has 0 bridgehead atoms. The number of hydrogen-bond donors (Lipinski definition) is 2. The lowest BCUT2D eigenvalue weighted by Crippen LogP contribution is -2.45. The van der Waals surface area contributed by atoms with Crippen LogP contribution in [0.5, 0.6) is 0 Å². The first-order chi connectivity index (χ1) is 14.5. The van der Waals surface area contributed by atoms with Gasteiger partial charge in [0.1, 0.15) is 6.67 Å². The molecule has 1 heterocycles. The molecule has 2 atom stereocenters. The van der Waals surface area contributed by atoms with E-state index in [-0.39, 0.29) is 23.3 Å². The van der Waals surface area contributed by atoms with Crippen LogP contribution in [0.3, 0.4) is 0 Å². The second-order valence-corrected chi connectivity index (χ2v) is 9.05. The van der Waals surface area contributed by atoms with Crippen LogP contribution in [0, 0.1) is 5.41 Å². The molecule has 0 saturated carbocycles. The lowest BCUT2D eigenvalue weighted by atomic mass is 9.87. The monoisotopic (exact) mass is 433 g/mol. The third-order valence-corrected chi connectivity index (χ3v) is 4.75. The number of amides is 2. The summed E-state index contributed by atoms with van der Waals surface area (Å²) in [5, 5.41) is 2.97. The van der Waals surface area contributed by atoms with Gasteiger partial charge in [-0.05, 0) is 36.3 Å². The van der Waals surface area contributed by atoms with Crippen LogP contribution in [-0.2, 0) is 27.5 Å². The Morgan fingerprint density at radius 3 is 2.13 bits per heavy atom. The molecule has 0 spiro atoms. The average molecular weight is 434 g/mol. The molecular weight excluding hydrogens is 397 g/mol. The molecule has 0 fully saturated rings. The Bertz CT molecular complexity index is 762. The number of nitrogens with two attached hydrogens (primary N) is 1. The minimum absolute atomic E-state index is 0.0194. The number of rotatable bonds is 7. The van der Waals surface area contributed by atoms with Gasteiger partial charge in [-0.2, -0.15) is 0 Å². The molecule has 3 N–H and O–H groups in total. The molecule has 1 aliphatic heterocycles. The van der Waals surface area contributed by atoms with Crippen LogP contribution < -0.4 is 11.1 Å². The fourth-order valence-corrected chi connectivity index (χ4v) is 3.09. The second-order valence-electron chi connectivity index (χ2n) is 9.05. The van der Waals surface area contributed by atoms with Crippen LogP contribution in [0.25, 0.3) is 0 Å². The van der Waals surface area contributed by atoms with Crippen molar-refractivity contribution >= 4 is 17.6 Å². The van der Waals surface area contributed by atoms with Gasteiger partial charge in [-0.25, -0.2) is 4.39 Å². The van der Waals surface area contributed by atoms with E-state index in [1.165, 1.54) is 18.1 Å². The topological polar surface area (TPSA) is 92.5 Å². The predicted molar refractivity (Wildman–Crippen MR) is 121 cm³/mol. The number of ketones is 1.